The van der Waals surface area contributed by atoms with Crippen molar-refractivity contribution in [1.29, 1.82) is 0 Å². The largest absolute Gasteiger partial charge is 0.481 e. The second-order valence-corrected chi connectivity index (χ2v) is 8.28. The van der Waals surface area contributed by atoms with Crippen molar-refractivity contribution in [2.75, 3.05) is 13.1 Å². The van der Waals surface area contributed by atoms with E-state index in [4.69, 9.17) is 5.73 Å². The van der Waals surface area contributed by atoms with E-state index >= 15 is 0 Å². The first-order valence-corrected chi connectivity index (χ1v) is 10.4. The summed E-state index contributed by atoms with van der Waals surface area (Å²) in [5.41, 5.74) is 8.30. The minimum absolute atomic E-state index is 0.182. The number of carboxylic acid groups (broad SMARTS) is 1. The van der Waals surface area contributed by atoms with Gasteiger partial charge in [-0.15, -0.1) is 0 Å². The molecule has 1 aromatic heterocycles. The molecule has 1 fully saturated rings. The lowest BCUT2D eigenvalue weighted by Gasteiger charge is -2.41. The van der Waals surface area contributed by atoms with Crippen molar-refractivity contribution in [1.82, 2.24) is 9.88 Å². The van der Waals surface area contributed by atoms with Gasteiger partial charge in [-0.3, -0.25) is 9.59 Å². The molecule has 30 heavy (non-hydrogen) atoms. The van der Waals surface area contributed by atoms with Gasteiger partial charge < -0.3 is 20.7 Å². The number of carboxylic acids is 1. The number of hydrogen-bond acceptors (Lipinski definition) is 3. The molecule has 3 aromatic rings. The summed E-state index contributed by atoms with van der Waals surface area (Å²) in [6.07, 6.45) is 3.93. The molecule has 0 aliphatic carbocycles. The molecule has 1 saturated heterocycles. The van der Waals surface area contributed by atoms with Crippen molar-refractivity contribution in [3.63, 3.8) is 0 Å². The van der Waals surface area contributed by atoms with Crippen LogP contribution in [0.1, 0.15) is 24.0 Å². The Morgan fingerprint density at radius 3 is 2.63 bits per heavy atom. The van der Waals surface area contributed by atoms with Crippen LogP contribution in [0.3, 0.4) is 0 Å². The van der Waals surface area contributed by atoms with Crippen molar-refractivity contribution < 1.29 is 14.7 Å². The lowest BCUT2D eigenvalue weighted by Crippen LogP contribution is -2.55. The highest BCUT2D eigenvalue weighted by Crippen LogP contribution is 2.34. The van der Waals surface area contributed by atoms with E-state index < -0.39 is 17.4 Å². The first kappa shape index (κ1) is 20.2. The minimum atomic E-state index is -0.976. The standard InChI is InChI=1S/C24H27N3O3/c25-20(13-18-15-26-21-10-5-4-9-19(18)21)22(28)27-12-6-11-24(16-27,23(29)30)14-17-7-2-1-3-8-17/h1-5,7-10,15,20,26H,6,11-14,16,25H2,(H,29,30)/t20-,24+/m1/s1. The summed E-state index contributed by atoms with van der Waals surface area (Å²) >= 11 is 0. The van der Waals surface area contributed by atoms with Crippen LogP contribution in [0.5, 0.6) is 0 Å². The van der Waals surface area contributed by atoms with Crippen LogP contribution in [0.15, 0.2) is 60.8 Å². The summed E-state index contributed by atoms with van der Waals surface area (Å²) in [7, 11) is 0. The van der Waals surface area contributed by atoms with Gasteiger partial charge in [0.15, 0.2) is 0 Å². The predicted octanol–water partition coefficient (Wildman–Crippen LogP) is 2.97. The minimum Gasteiger partial charge on any atom is -0.481 e. The first-order valence-electron chi connectivity index (χ1n) is 10.4. The number of carbonyl (C=O) groups excluding carboxylic acids is 1. The highest BCUT2D eigenvalue weighted by atomic mass is 16.4. The predicted molar refractivity (Wildman–Crippen MR) is 116 cm³/mol. The number of piperidine rings is 1. The van der Waals surface area contributed by atoms with Crippen molar-refractivity contribution in [2.45, 2.75) is 31.7 Å². The summed E-state index contributed by atoms with van der Waals surface area (Å²) in [6, 6.07) is 16.8. The van der Waals surface area contributed by atoms with Crippen LogP contribution in [0.2, 0.25) is 0 Å². The number of rotatable bonds is 6. The van der Waals surface area contributed by atoms with E-state index in [2.05, 4.69) is 4.98 Å². The van der Waals surface area contributed by atoms with E-state index in [1.807, 2.05) is 60.8 Å². The van der Waals surface area contributed by atoms with Crippen LogP contribution < -0.4 is 5.73 Å². The number of likely N-dealkylation sites (tertiary alicyclic amines) is 1. The molecule has 6 nitrogen and oxygen atoms in total. The van der Waals surface area contributed by atoms with E-state index in [0.29, 0.717) is 32.2 Å². The third-order valence-corrected chi connectivity index (χ3v) is 6.16. The lowest BCUT2D eigenvalue weighted by molar-refractivity contribution is -0.155. The van der Waals surface area contributed by atoms with Crippen molar-refractivity contribution in [2.24, 2.45) is 11.1 Å². The second-order valence-electron chi connectivity index (χ2n) is 8.28. The molecule has 156 valence electrons. The van der Waals surface area contributed by atoms with Crippen LogP contribution in [0, 0.1) is 5.41 Å². The number of nitrogens with zero attached hydrogens (tertiary/aromatic N) is 1. The maximum Gasteiger partial charge on any atom is 0.311 e. The number of aromatic nitrogens is 1. The molecule has 0 saturated carbocycles. The van der Waals surface area contributed by atoms with Gasteiger partial charge in [-0.05, 0) is 42.9 Å². The van der Waals surface area contributed by atoms with Crippen LogP contribution >= 0.6 is 0 Å². The van der Waals surface area contributed by atoms with Crippen molar-refractivity contribution >= 4 is 22.8 Å². The van der Waals surface area contributed by atoms with Crippen LogP contribution in [-0.2, 0) is 22.4 Å². The van der Waals surface area contributed by atoms with E-state index in [-0.39, 0.29) is 12.5 Å². The van der Waals surface area contributed by atoms with Crippen molar-refractivity contribution in [3.05, 3.63) is 71.9 Å². The molecule has 0 radical (unpaired) electrons. The third-order valence-electron chi connectivity index (χ3n) is 6.16. The number of aromatic amines is 1. The van der Waals surface area contributed by atoms with Gasteiger partial charge in [0, 0.05) is 30.2 Å². The number of amides is 1. The molecule has 6 heteroatoms. The fourth-order valence-corrected chi connectivity index (χ4v) is 4.56. The molecule has 1 aliphatic rings. The monoisotopic (exact) mass is 405 g/mol. The highest BCUT2D eigenvalue weighted by Gasteiger charge is 2.44. The van der Waals surface area contributed by atoms with Gasteiger partial charge in [0.25, 0.3) is 0 Å². The molecular weight excluding hydrogens is 378 g/mol. The van der Waals surface area contributed by atoms with E-state index in [0.717, 1.165) is 22.0 Å². The zero-order valence-electron chi connectivity index (χ0n) is 16.9. The van der Waals surface area contributed by atoms with Crippen LogP contribution in [0.25, 0.3) is 10.9 Å². The summed E-state index contributed by atoms with van der Waals surface area (Å²) in [6.45, 7) is 0.738. The molecule has 4 rings (SSSR count). The number of hydrogen-bond donors (Lipinski definition) is 3. The number of fused-ring (bicyclic) bond motifs is 1. The molecule has 2 heterocycles. The van der Waals surface area contributed by atoms with Gasteiger partial charge in [0.1, 0.15) is 0 Å². The summed E-state index contributed by atoms with van der Waals surface area (Å²) < 4.78 is 0. The molecule has 2 aromatic carbocycles. The number of benzene rings is 2. The number of nitrogens with two attached hydrogens (primary N) is 1. The zero-order valence-corrected chi connectivity index (χ0v) is 16.9. The number of H-pyrrole nitrogens is 1. The van der Waals surface area contributed by atoms with Crippen molar-refractivity contribution in [3.8, 4) is 0 Å². The second kappa shape index (κ2) is 8.32. The van der Waals surface area contributed by atoms with E-state index in [1.165, 1.54) is 0 Å². The van der Waals surface area contributed by atoms with Gasteiger partial charge >= 0.3 is 5.97 Å². The maximum atomic E-state index is 13.1. The SMILES string of the molecule is N[C@H](Cc1c[nH]c2ccccc12)C(=O)N1CCC[C@@](Cc2ccccc2)(C(=O)O)C1. The smallest absolute Gasteiger partial charge is 0.311 e. The molecule has 2 atom stereocenters. The lowest BCUT2D eigenvalue weighted by atomic mass is 9.75. The third kappa shape index (κ3) is 3.96. The van der Waals surface area contributed by atoms with Gasteiger partial charge in [-0.1, -0.05) is 48.5 Å². The molecule has 0 spiro atoms. The average molecular weight is 405 g/mol. The molecular formula is C24H27N3O3. The topological polar surface area (TPSA) is 99.4 Å². The summed E-state index contributed by atoms with van der Waals surface area (Å²) in [5, 5.41) is 11.1. The Labute approximate surface area is 175 Å². The molecule has 0 unspecified atom stereocenters. The quantitative estimate of drug-likeness (QED) is 0.587. The number of nitrogens with one attached hydrogen (secondary N) is 1. The van der Waals surface area contributed by atoms with Gasteiger partial charge in [0.2, 0.25) is 5.91 Å². The Bertz CT molecular complexity index is 1050. The molecule has 1 amide bonds. The number of para-hydroxylation sites is 1. The maximum absolute atomic E-state index is 13.1. The first-order chi connectivity index (χ1) is 14.5. The van der Waals surface area contributed by atoms with E-state index in [1.54, 1.807) is 4.90 Å². The summed E-state index contributed by atoms with van der Waals surface area (Å²) in [5.74, 6) is -1.03. The molecule has 0 bridgehead atoms. The van der Waals surface area contributed by atoms with Crippen LogP contribution in [0.4, 0.5) is 0 Å². The Balaban J connectivity index is 1.49. The van der Waals surface area contributed by atoms with Gasteiger partial charge in [-0.25, -0.2) is 0 Å². The van der Waals surface area contributed by atoms with Gasteiger partial charge in [0.05, 0.1) is 11.5 Å². The average Bonchev–Trinajstić information content (AvgIpc) is 3.17. The Morgan fingerprint density at radius 1 is 1.13 bits per heavy atom. The normalized spacial score (nSPS) is 20.2. The van der Waals surface area contributed by atoms with E-state index in [9.17, 15) is 14.7 Å². The summed E-state index contributed by atoms with van der Waals surface area (Å²) in [4.78, 5) is 30.2. The highest BCUT2D eigenvalue weighted by molar-refractivity contribution is 5.87. The number of carbonyl (C=O) groups is 2. The zero-order chi connectivity index (χ0) is 21.1. The fraction of sp³-hybridized carbons (Fsp3) is 0.333. The van der Waals surface area contributed by atoms with Gasteiger partial charge in [-0.2, -0.15) is 0 Å². The van der Waals surface area contributed by atoms with Crippen LogP contribution in [-0.4, -0.2) is 46.0 Å². The Morgan fingerprint density at radius 2 is 1.87 bits per heavy atom. The Hall–Kier alpha value is -3.12. The molecule has 1 aliphatic heterocycles. The Kier molecular flexibility index (Phi) is 5.59. The fourth-order valence-electron chi connectivity index (χ4n) is 4.56. The molecule has 4 N–H and O–H groups in total. The number of aliphatic carboxylic acids is 1.